The lowest BCUT2D eigenvalue weighted by Gasteiger charge is -2.25. The number of para-hydroxylation sites is 1. The van der Waals surface area contributed by atoms with Crippen molar-refractivity contribution in [1.29, 1.82) is 0 Å². The molecule has 2 unspecified atom stereocenters. The smallest absolute Gasteiger partial charge is 0.326 e. The van der Waals surface area contributed by atoms with E-state index in [9.17, 15) is 18.3 Å². The van der Waals surface area contributed by atoms with Gasteiger partial charge in [0, 0.05) is 26.3 Å². The van der Waals surface area contributed by atoms with Crippen LogP contribution < -0.4 is 4.90 Å². The fraction of sp³-hybridized carbons (Fsp3) is 0.462. The van der Waals surface area contributed by atoms with Crippen LogP contribution in [0.25, 0.3) is 0 Å². The van der Waals surface area contributed by atoms with Crippen LogP contribution in [0.5, 0.6) is 0 Å². The standard InChI is InChI=1S/C13H17NO5S/c1-19-9-7-11(13(15)16)14(8-9)10-5-3-4-6-12(10)20(2,17)18/h3-6,9,11H,7-8H2,1-2H3,(H,15,16). The number of hydrogen-bond donors (Lipinski definition) is 1. The van der Waals surface area contributed by atoms with Gasteiger partial charge in [-0.2, -0.15) is 0 Å². The van der Waals surface area contributed by atoms with Crippen molar-refractivity contribution in [2.75, 3.05) is 24.8 Å². The van der Waals surface area contributed by atoms with Crippen LogP contribution in [-0.2, 0) is 19.4 Å². The molecule has 1 aliphatic rings. The first kappa shape index (κ1) is 14.8. The Labute approximate surface area is 117 Å². The summed E-state index contributed by atoms with van der Waals surface area (Å²) in [5.41, 5.74) is 0.418. The van der Waals surface area contributed by atoms with Crippen LogP contribution in [0, 0.1) is 0 Å². The second kappa shape index (κ2) is 5.41. The summed E-state index contributed by atoms with van der Waals surface area (Å²) >= 11 is 0. The van der Waals surface area contributed by atoms with Crippen LogP contribution in [0.1, 0.15) is 6.42 Å². The summed E-state index contributed by atoms with van der Waals surface area (Å²) in [4.78, 5) is 13.1. The number of aliphatic carboxylic acids is 1. The highest BCUT2D eigenvalue weighted by molar-refractivity contribution is 7.90. The Morgan fingerprint density at radius 3 is 2.60 bits per heavy atom. The molecule has 0 aliphatic carbocycles. The zero-order chi connectivity index (χ0) is 14.9. The molecule has 0 radical (unpaired) electrons. The topological polar surface area (TPSA) is 83.9 Å². The predicted molar refractivity (Wildman–Crippen MR) is 73.7 cm³/mol. The number of hydrogen-bond acceptors (Lipinski definition) is 5. The van der Waals surface area contributed by atoms with Gasteiger partial charge in [-0.3, -0.25) is 0 Å². The van der Waals surface area contributed by atoms with Crippen molar-refractivity contribution in [2.45, 2.75) is 23.5 Å². The third-order valence-electron chi connectivity index (χ3n) is 3.46. The normalized spacial score (nSPS) is 23.0. The Morgan fingerprint density at radius 2 is 2.05 bits per heavy atom. The molecule has 1 aromatic rings. The molecule has 2 atom stereocenters. The second-order valence-electron chi connectivity index (χ2n) is 4.84. The molecule has 7 heteroatoms. The molecule has 1 heterocycles. The Kier molecular flexibility index (Phi) is 4.01. The van der Waals surface area contributed by atoms with Gasteiger partial charge in [0.05, 0.1) is 16.7 Å². The first-order chi connectivity index (χ1) is 9.34. The van der Waals surface area contributed by atoms with Gasteiger partial charge in [-0.25, -0.2) is 13.2 Å². The molecule has 2 rings (SSSR count). The van der Waals surface area contributed by atoms with Crippen LogP contribution in [0.4, 0.5) is 5.69 Å². The van der Waals surface area contributed by atoms with E-state index in [4.69, 9.17) is 4.74 Å². The maximum absolute atomic E-state index is 11.8. The highest BCUT2D eigenvalue weighted by atomic mass is 32.2. The van der Waals surface area contributed by atoms with E-state index in [2.05, 4.69) is 0 Å². The molecule has 1 saturated heterocycles. The van der Waals surface area contributed by atoms with Crippen molar-refractivity contribution in [2.24, 2.45) is 0 Å². The highest BCUT2D eigenvalue weighted by Crippen LogP contribution is 2.32. The molecule has 0 spiro atoms. The molecule has 0 aromatic heterocycles. The number of methoxy groups -OCH3 is 1. The summed E-state index contributed by atoms with van der Waals surface area (Å²) in [6.45, 7) is 0.361. The minimum absolute atomic E-state index is 0.142. The first-order valence-electron chi connectivity index (χ1n) is 6.16. The van der Waals surface area contributed by atoms with Crippen LogP contribution >= 0.6 is 0 Å². The molecule has 1 N–H and O–H groups in total. The fourth-order valence-electron chi connectivity index (χ4n) is 2.48. The number of benzene rings is 1. The van der Waals surface area contributed by atoms with Crippen LogP contribution in [0.15, 0.2) is 29.2 Å². The highest BCUT2D eigenvalue weighted by Gasteiger charge is 2.38. The molecule has 0 amide bonds. The summed E-state index contributed by atoms with van der Waals surface area (Å²) in [6.07, 6.45) is 1.24. The molecule has 1 aromatic carbocycles. The number of nitrogens with zero attached hydrogens (tertiary/aromatic N) is 1. The Balaban J connectivity index is 2.47. The molecule has 1 aliphatic heterocycles. The monoisotopic (exact) mass is 299 g/mol. The van der Waals surface area contributed by atoms with E-state index in [1.165, 1.54) is 13.2 Å². The number of carbonyl (C=O) groups is 1. The predicted octanol–water partition coefficient (Wildman–Crippen LogP) is 0.768. The molecular formula is C13H17NO5S. The van der Waals surface area contributed by atoms with Crippen molar-refractivity contribution >= 4 is 21.5 Å². The van der Waals surface area contributed by atoms with E-state index in [0.717, 1.165) is 6.26 Å². The summed E-state index contributed by atoms with van der Waals surface area (Å²) in [6, 6.07) is 5.67. The lowest BCUT2D eigenvalue weighted by molar-refractivity contribution is -0.138. The van der Waals surface area contributed by atoms with Crippen LogP contribution in [0.2, 0.25) is 0 Å². The second-order valence-corrected chi connectivity index (χ2v) is 6.82. The van der Waals surface area contributed by atoms with Crippen molar-refractivity contribution in [1.82, 2.24) is 0 Å². The average Bonchev–Trinajstić information content (AvgIpc) is 2.82. The maximum Gasteiger partial charge on any atom is 0.326 e. The third kappa shape index (κ3) is 2.78. The van der Waals surface area contributed by atoms with Crippen LogP contribution in [-0.4, -0.2) is 51.5 Å². The largest absolute Gasteiger partial charge is 0.480 e. The van der Waals surface area contributed by atoms with Crippen molar-refractivity contribution < 1.29 is 23.1 Å². The average molecular weight is 299 g/mol. The molecule has 110 valence electrons. The number of anilines is 1. The van der Waals surface area contributed by atoms with Gasteiger partial charge in [0.2, 0.25) is 0 Å². The van der Waals surface area contributed by atoms with E-state index >= 15 is 0 Å². The van der Waals surface area contributed by atoms with Gasteiger partial charge in [-0.05, 0) is 12.1 Å². The lowest BCUT2D eigenvalue weighted by Crippen LogP contribution is -2.36. The zero-order valence-corrected chi connectivity index (χ0v) is 12.1. The molecule has 0 bridgehead atoms. The van der Waals surface area contributed by atoms with Crippen LogP contribution in [0.3, 0.4) is 0 Å². The molecule has 20 heavy (non-hydrogen) atoms. The third-order valence-corrected chi connectivity index (χ3v) is 4.60. The molecular weight excluding hydrogens is 282 g/mol. The lowest BCUT2D eigenvalue weighted by atomic mass is 10.2. The molecule has 0 saturated carbocycles. The van der Waals surface area contributed by atoms with Gasteiger partial charge < -0.3 is 14.7 Å². The Morgan fingerprint density at radius 1 is 1.40 bits per heavy atom. The SMILES string of the molecule is COC1CC(C(=O)O)N(c2ccccc2S(C)(=O)=O)C1. The quantitative estimate of drug-likeness (QED) is 0.884. The first-order valence-corrected chi connectivity index (χ1v) is 8.05. The number of rotatable bonds is 4. The van der Waals surface area contributed by atoms with E-state index in [-0.39, 0.29) is 11.0 Å². The van der Waals surface area contributed by atoms with Gasteiger partial charge >= 0.3 is 5.97 Å². The summed E-state index contributed by atoms with van der Waals surface area (Å²) < 4.78 is 28.9. The summed E-state index contributed by atoms with van der Waals surface area (Å²) in [5.74, 6) is -0.979. The van der Waals surface area contributed by atoms with Gasteiger partial charge in [0.1, 0.15) is 6.04 Å². The number of ether oxygens (including phenoxy) is 1. The van der Waals surface area contributed by atoms with Crippen molar-refractivity contribution in [3.05, 3.63) is 24.3 Å². The Hall–Kier alpha value is -1.60. The van der Waals surface area contributed by atoms with Gasteiger partial charge in [-0.15, -0.1) is 0 Å². The summed E-state index contributed by atoms with van der Waals surface area (Å²) in [7, 11) is -1.90. The van der Waals surface area contributed by atoms with Crippen molar-refractivity contribution in [3.63, 3.8) is 0 Å². The van der Waals surface area contributed by atoms with Gasteiger partial charge in [0.15, 0.2) is 9.84 Å². The fourth-order valence-corrected chi connectivity index (χ4v) is 3.37. The van der Waals surface area contributed by atoms with Gasteiger partial charge in [0.25, 0.3) is 0 Å². The maximum atomic E-state index is 11.8. The zero-order valence-electron chi connectivity index (χ0n) is 11.3. The van der Waals surface area contributed by atoms with E-state index in [0.29, 0.717) is 18.7 Å². The Bertz CT molecular complexity index is 613. The van der Waals surface area contributed by atoms with E-state index in [1.807, 2.05) is 0 Å². The molecule has 1 fully saturated rings. The van der Waals surface area contributed by atoms with Gasteiger partial charge in [-0.1, -0.05) is 12.1 Å². The minimum Gasteiger partial charge on any atom is -0.480 e. The molecule has 6 nitrogen and oxygen atoms in total. The number of carboxylic acid groups (broad SMARTS) is 1. The number of carboxylic acids is 1. The van der Waals surface area contributed by atoms with E-state index in [1.54, 1.807) is 23.1 Å². The van der Waals surface area contributed by atoms with Crippen molar-refractivity contribution in [3.8, 4) is 0 Å². The minimum atomic E-state index is -3.42. The summed E-state index contributed by atoms with van der Waals surface area (Å²) in [5, 5.41) is 9.31. The van der Waals surface area contributed by atoms with E-state index < -0.39 is 21.8 Å². The number of sulfone groups is 1.